The Labute approximate surface area is 68.7 Å². The number of nitrogens with zero attached hydrogens (tertiary/aromatic N) is 1. The van der Waals surface area contributed by atoms with Crippen LogP contribution in [0.5, 0.6) is 0 Å². The standard InChI is InChI=1S/C5H6Cl2N2O/c1-4(6)5(7)2-8-9-3-10/h2-3H,1H3,(H,9,10)/b5-4-,8-2-. The van der Waals surface area contributed by atoms with E-state index in [4.69, 9.17) is 23.2 Å². The number of amides is 1. The number of nitrogens with one attached hydrogen (secondary N) is 1. The summed E-state index contributed by atoms with van der Waals surface area (Å²) in [5.41, 5.74) is 2.05. The molecule has 0 aliphatic heterocycles. The first-order valence-corrected chi connectivity index (χ1v) is 3.18. The van der Waals surface area contributed by atoms with Crippen molar-refractivity contribution in [3.63, 3.8) is 0 Å². The number of halogens is 2. The van der Waals surface area contributed by atoms with Crippen LogP contribution in [-0.4, -0.2) is 12.6 Å². The van der Waals surface area contributed by atoms with E-state index < -0.39 is 0 Å². The van der Waals surface area contributed by atoms with E-state index >= 15 is 0 Å². The van der Waals surface area contributed by atoms with E-state index in [1.54, 1.807) is 6.92 Å². The molecule has 1 N–H and O–H groups in total. The van der Waals surface area contributed by atoms with Gasteiger partial charge in [-0.25, -0.2) is 5.43 Å². The Morgan fingerprint density at radius 2 is 2.20 bits per heavy atom. The number of allylic oxidation sites excluding steroid dienone is 2. The van der Waals surface area contributed by atoms with Crippen LogP contribution in [0.1, 0.15) is 6.92 Å². The Kier molecular flexibility index (Phi) is 4.98. The van der Waals surface area contributed by atoms with Crippen molar-refractivity contribution in [2.75, 3.05) is 0 Å². The van der Waals surface area contributed by atoms with Crippen molar-refractivity contribution in [3.05, 3.63) is 10.1 Å². The van der Waals surface area contributed by atoms with Crippen LogP contribution < -0.4 is 5.43 Å². The Morgan fingerprint density at radius 3 is 2.60 bits per heavy atom. The minimum atomic E-state index is 0.302. The first-order chi connectivity index (χ1) is 4.68. The van der Waals surface area contributed by atoms with E-state index in [1.807, 2.05) is 5.43 Å². The zero-order chi connectivity index (χ0) is 7.98. The van der Waals surface area contributed by atoms with Crippen LogP contribution in [0.15, 0.2) is 15.2 Å². The minimum Gasteiger partial charge on any atom is -0.277 e. The lowest BCUT2D eigenvalue weighted by atomic mass is 10.5. The molecule has 0 aromatic heterocycles. The van der Waals surface area contributed by atoms with Crippen molar-refractivity contribution >= 4 is 35.8 Å². The van der Waals surface area contributed by atoms with Crippen molar-refractivity contribution < 1.29 is 4.79 Å². The van der Waals surface area contributed by atoms with Crippen molar-refractivity contribution in [3.8, 4) is 0 Å². The SMILES string of the molecule is C/C(Cl)=C(Cl)\C=N/NC=O. The van der Waals surface area contributed by atoms with Gasteiger partial charge in [0.1, 0.15) is 0 Å². The maximum absolute atomic E-state index is 9.64. The first-order valence-electron chi connectivity index (χ1n) is 2.42. The predicted octanol–water partition coefficient (Wildman–Crippen LogP) is 1.43. The number of carbonyl (C=O) groups excluding carboxylic acids is 1. The third-order valence-electron chi connectivity index (χ3n) is 0.634. The van der Waals surface area contributed by atoms with Gasteiger partial charge in [0, 0.05) is 5.03 Å². The molecular formula is C5H6Cl2N2O. The molecule has 0 aliphatic carbocycles. The number of rotatable bonds is 3. The molecule has 3 nitrogen and oxygen atoms in total. The summed E-state index contributed by atoms with van der Waals surface area (Å²) in [4.78, 5) is 9.64. The third kappa shape index (κ3) is 4.35. The molecule has 0 saturated carbocycles. The summed E-state index contributed by atoms with van der Waals surface area (Å²) in [7, 11) is 0. The van der Waals surface area contributed by atoms with E-state index in [0.717, 1.165) is 0 Å². The van der Waals surface area contributed by atoms with Gasteiger partial charge in [0.15, 0.2) is 0 Å². The van der Waals surface area contributed by atoms with Crippen LogP contribution in [0.2, 0.25) is 0 Å². The normalized spacial score (nSPS) is 13.1. The van der Waals surface area contributed by atoms with Gasteiger partial charge in [0.05, 0.1) is 11.2 Å². The number of hydrogen-bond donors (Lipinski definition) is 1. The minimum absolute atomic E-state index is 0.302. The van der Waals surface area contributed by atoms with Crippen molar-refractivity contribution in [2.24, 2.45) is 5.10 Å². The first kappa shape index (κ1) is 9.46. The molecule has 0 radical (unpaired) electrons. The molecule has 0 unspecified atom stereocenters. The average Bonchev–Trinajstić information content (AvgIpc) is 1.88. The number of hydrogen-bond acceptors (Lipinski definition) is 2. The van der Waals surface area contributed by atoms with Gasteiger partial charge < -0.3 is 0 Å². The summed E-state index contributed by atoms with van der Waals surface area (Å²) in [6.45, 7) is 1.62. The molecule has 0 aromatic carbocycles. The van der Waals surface area contributed by atoms with Gasteiger partial charge in [-0.1, -0.05) is 23.2 Å². The molecule has 0 heterocycles. The van der Waals surface area contributed by atoms with Crippen LogP contribution in [-0.2, 0) is 4.79 Å². The molecule has 0 bridgehead atoms. The lowest BCUT2D eigenvalue weighted by Gasteiger charge is -1.88. The van der Waals surface area contributed by atoms with Crippen LogP contribution in [0.25, 0.3) is 0 Å². The molecule has 56 valence electrons. The van der Waals surface area contributed by atoms with Crippen LogP contribution in [0, 0.1) is 0 Å². The summed E-state index contributed by atoms with van der Waals surface area (Å²) in [5, 5.41) is 4.12. The third-order valence-corrected chi connectivity index (χ3v) is 1.32. The molecule has 0 rings (SSSR count). The summed E-state index contributed by atoms with van der Waals surface area (Å²) in [6.07, 6.45) is 1.68. The smallest absolute Gasteiger partial charge is 0.227 e. The zero-order valence-electron chi connectivity index (χ0n) is 5.27. The van der Waals surface area contributed by atoms with Crippen molar-refractivity contribution in [2.45, 2.75) is 6.92 Å². The summed E-state index contributed by atoms with van der Waals surface area (Å²) in [5.74, 6) is 0. The predicted molar refractivity (Wildman–Crippen MR) is 42.1 cm³/mol. The highest BCUT2D eigenvalue weighted by molar-refractivity contribution is 6.45. The van der Waals surface area contributed by atoms with E-state index in [9.17, 15) is 4.79 Å². The molecule has 5 heteroatoms. The number of carbonyl (C=O) groups is 1. The summed E-state index contributed by atoms with van der Waals surface area (Å²) in [6, 6.07) is 0. The molecular weight excluding hydrogens is 175 g/mol. The van der Waals surface area contributed by atoms with Gasteiger partial charge in [-0.15, -0.1) is 0 Å². The van der Waals surface area contributed by atoms with Gasteiger partial charge in [-0.05, 0) is 6.92 Å². The van der Waals surface area contributed by atoms with E-state index in [1.165, 1.54) is 6.21 Å². The molecule has 0 aromatic rings. The average molecular weight is 181 g/mol. The lowest BCUT2D eigenvalue weighted by molar-refractivity contribution is -0.109. The second-order valence-corrected chi connectivity index (χ2v) is 2.36. The van der Waals surface area contributed by atoms with E-state index in [0.29, 0.717) is 16.5 Å². The maximum atomic E-state index is 9.64. The monoisotopic (exact) mass is 180 g/mol. The summed E-state index contributed by atoms with van der Waals surface area (Å²) < 4.78 is 0. The van der Waals surface area contributed by atoms with Crippen LogP contribution >= 0.6 is 23.2 Å². The molecule has 0 aliphatic rings. The highest BCUT2D eigenvalue weighted by Crippen LogP contribution is 2.09. The van der Waals surface area contributed by atoms with Crippen LogP contribution in [0.4, 0.5) is 0 Å². The second-order valence-electron chi connectivity index (χ2n) is 1.39. The largest absolute Gasteiger partial charge is 0.277 e. The fraction of sp³-hybridized carbons (Fsp3) is 0.200. The van der Waals surface area contributed by atoms with Crippen molar-refractivity contribution in [1.82, 2.24) is 5.43 Å². The highest BCUT2D eigenvalue weighted by Gasteiger charge is 1.89. The fourth-order valence-corrected chi connectivity index (χ4v) is 0.311. The summed E-state index contributed by atoms with van der Waals surface area (Å²) >= 11 is 10.9. The molecule has 10 heavy (non-hydrogen) atoms. The fourth-order valence-electron chi connectivity index (χ4n) is 0.213. The Balaban J connectivity index is 3.89. The Bertz CT molecular complexity index is 172. The molecule has 1 amide bonds. The topological polar surface area (TPSA) is 41.5 Å². The molecule has 0 saturated heterocycles. The lowest BCUT2D eigenvalue weighted by Crippen LogP contribution is -2.00. The van der Waals surface area contributed by atoms with Crippen molar-refractivity contribution in [1.29, 1.82) is 0 Å². The number of hydrazone groups is 1. The van der Waals surface area contributed by atoms with Crippen LogP contribution in [0.3, 0.4) is 0 Å². The quantitative estimate of drug-likeness (QED) is 0.399. The van der Waals surface area contributed by atoms with E-state index in [2.05, 4.69) is 5.10 Å². The van der Waals surface area contributed by atoms with Gasteiger partial charge in [-0.3, -0.25) is 4.79 Å². The van der Waals surface area contributed by atoms with E-state index in [-0.39, 0.29) is 0 Å². The van der Waals surface area contributed by atoms with Gasteiger partial charge >= 0.3 is 0 Å². The second kappa shape index (κ2) is 5.26. The van der Waals surface area contributed by atoms with Gasteiger partial charge in [0.25, 0.3) is 0 Å². The molecule has 0 atom stereocenters. The zero-order valence-corrected chi connectivity index (χ0v) is 6.78. The Morgan fingerprint density at radius 1 is 1.60 bits per heavy atom. The molecule has 0 spiro atoms. The molecule has 0 fully saturated rings. The Hall–Kier alpha value is -0.540. The maximum Gasteiger partial charge on any atom is 0.227 e. The van der Waals surface area contributed by atoms with Gasteiger partial charge in [0.2, 0.25) is 6.41 Å². The highest BCUT2D eigenvalue weighted by atomic mass is 35.5. The van der Waals surface area contributed by atoms with Gasteiger partial charge in [-0.2, -0.15) is 5.10 Å².